The van der Waals surface area contributed by atoms with Crippen LogP contribution in [-0.2, 0) is 9.53 Å². The van der Waals surface area contributed by atoms with Gasteiger partial charge in [-0.05, 0) is 32.1 Å². The number of rotatable bonds is 6. The van der Waals surface area contributed by atoms with Crippen molar-refractivity contribution in [3.05, 3.63) is 0 Å². The van der Waals surface area contributed by atoms with Crippen molar-refractivity contribution in [1.29, 1.82) is 0 Å². The Morgan fingerprint density at radius 2 is 2.05 bits per heavy atom. The number of carboxylic acid groups (broad SMARTS) is 1. The normalized spacial score (nSPS) is 19.4. The van der Waals surface area contributed by atoms with E-state index >= 15 is 0 Å². The average Bonchev–Trinajstić information content (AvgIpc) is 2.33. The predicted molar refractivity (Wildman–Crippen MR) is 80.2 cm³/mol. The highest BCUT2D eigenvalue weighted by molar-refractivity contribution is 5.75. The number of hydrogen-bond acceptors (Lipinski definition) is 3. The van der Waals surface area contributed by atoms with Crippen molar-refractivity contribution in [3.8, 4) is 0 Å². The quantitative estimate of drug-likeness (QED) is 0.786. The first-order valence-corrected chi connectivity index (χ1v) is 7.57. The maximum absolute atomic E-state index is 12.3. The molecule has 0 spiro atoms. The number of ether oxygens (including phenoxy) is 1. The Balaban J connectivity index is 2.53. The minimum absolute atomic E-state index is 0.0318. The third-order valence-corrected chi connectivity index (χ3v) is 3.70. The van der Waals surface area contributed by atoms with E-state index in [1.54, 1.807) is 4.90 Å². The number of carbonyl (C=O) groups excluding carboxylic acids is 1. The summed E-state index contributed by atoms with van der Waals surface area (Å²) in [6.45, 7) is 10.1. The van der Waals surface area contributed by atoms with Crippen LogP contribution in [0, 0.1) is 11.8 Å². The van der Waals surface area contributed by atoms with Crippen LogP contribution in [0.25, 0.3) is 0 Å². The van der Waals surface area contributed by atoms with Crippen molar-refractivity contribution >= 4 is 12.0 Å². The van der Waals surface area contributed by atoms with Gasteiger partial charge in [-0.3, -0.25) is 4.79 Å². The molecule has 0 aromatic heterocycles. The second kappa shape index (κ2) is 7.64. The van der Waals surface area contributed by atoms with E-state index in [9.17, 15) is 9.59 Å². The predicted octanol–water partition coefficient (Wildman–Crippen LogP) is 1.94. The zero-order chi connectivity index (χ0) is 16.0. The number of morpholine rings is 1. The molecule has 6 nitrogen and oxygen atoms in total. The van der Waals surface area contributed by atoms with Crippen LogP contribution in [-0.4, -0.2) is 53.8 Å². The molecule has 1 heterocycles. The topological polar surface area (TPSA) is 78.9 Å². The van der Waals surface area contributed by atoms with Gasteiger partial charge in [-0.1, -0.05) is 13.8 Å². The summed E-state index contributed by atoms with van der Waals surface area (Å²) in [6.07, 6.45) is 0.879. The molecule has 0 radical (unpaired) electrons. The van der Waals surface area contributed by atoms with Crippen LogP contribution in [0.15, 0.2) is 0 Å². The Labute approximate surface area is 126 Å². The van der Waals surface area contributed by atoms with E-state index in [-0.39, 0.29) is 23.9 Å². The largest absolute Gasteiger partial charge is 0.481 e. The fourth-order valence-electron chi connectivity index (χ4n) is 2.71. The highest BCUT2D eigenvalue weighted by Gasteiger charge is 2.34. The molecule has 2 N–H and O–H groups in total. The van der Waals surface area contributed by atoms with Crippen LogP contribution < -0.4 is 5.32 Å². The number of nitrogens with zero attached hydrogens (tertiary/aromatic N) is 1. The Bertz CT molecular complexity index is 369. The van der Waals surface area contributed by atoms with Gasteiger partial charge in [0, 0.05) is 19.5 Å². The minimum Gasteiger partial charge on any atom is -0.481 e. The lowest BCUT2D eigenvalue weighted by Gasteiger charge is -2.42. The molecule has 0 aliphatic carbocycles. The van der Waals surface area contributed by atoms with E-state index in [4.69, 9.17) is 9.84 Å². The van der Waals surface area contributed by atoms with E-state index in [2.05, 4.69) is 19.2 Å². The molecule has 1 atom stereocenters. The van der Waals surface area contributed by atoms with Gasteiger partial charge in [0.25, 0.3) is 0 Å². The molecule has 0 bridgehead atoms. The minimum atomic E-state index is -0.818. The molecule has 1 aliphatic heterocycles. The van der Waals surface area contributed by atoms with E-state index in [0.29, 0.717) is 32.2 Å². The molecule has 1 aliphatic rings. The maximum Gasteiger partial charge on any atom is 0.318 e. The fourth-order valence-corrected chi connectivity index (χ4v) is 2.71. The summed E-state index contributed by atoms with van der Waals surface area (Å²) in [4.78, 5) is 25.0. The van der Waals surface area contributed by atoms with Crippen molar-refractivity contribution in [2.45, 2.75) is 46.1 Å². The first-order valence-electron chi connectivity index (χ1n) is 7.57. The second-order valence-electron chi connectivity index (χ2n) is 6.80. The molecule has 0 aromatic rings. The van der Waals surface area contributed by atoms with Crippen molar-refractivity contribution in [3.63, 3.8) is 0 Å². The number of aliphatic carboxylic acids is 1. The van der Waals surface area contributed by atoms with Gasteiger partial charge in [-0.25, -0.2) is 4.79 Å². The number of nitrogens with one attached hydrogen (secondary N) is 1. The third kappa shape index (κ3) is 5.91. The molecule has 0 aromatic carbocycles. The van der Waals surface area contributed by atoms with Gasteiger partial charge in [-0.2, -0.15) is 0 Å². The summed E-state index contributed by atoms with van der Waals surface area (Å²) in [5, 5.41) is 11.8. The third-order valence-electron chi connectivity index (χ3n) is 3.70. The van der Waals surface area contributed by atoms with Crippen LogP contribution in [0.3, 0.4) is 0 Å². The summed E-state index contributed by atoms with van der Waals surface area (Å²) in [5.74, 6) is -0.441. The first kappa shape index (κ1) is 17.8. The second-order valence-corrected chi connectivity index (χ2v) is 6.80. The summed E-state index contributed by atoms with van der Waals surface area (Å²) in [5.41, 5.74) is -0.331. The van der Waals surface area contributed by atoms with Crippen molar-refractivity contribution in [2.24, 2.45) is 11.8 Å². The van der Waals surface area contributed by atoms with Gasteiger partial charge < -0.3 is 20.1 Å². The number of amides is 2. The summed E-state index contributed by atoms with van der Waals surface area (Å²) in [7, 11) is 0. The molecule has 2 amide bonds. The van der Waals surface area contributed by atoms with Gasteiger partial charge in [0.15, 0.2) is 0 Å². The van der Waals surface area contributed by atoms with Crippen LogP contribution in [0.2, 0.25) is 0 Å². The summed E-state index contributed by atoms with van der Waals surface area (Å²) in [6, 6.07) is -0.137. The lowest BCUT2D eigenvalue weighted by atomic mass is 9.94. The molecule has 0 saturated carbocycles. The first-order chi connectivity index (χ1) is 9.72. The molecule has 6 heteroatoms. The van der Waals surface area contributed by atoms with Gasteiger partial charge in [-0.15, -0.1) is 0 Å². The molecular weight excluding hydrogens is 272 g/mol. The van der Waals surface area contributed by atoms with Gasteiger partial charge >= 0.3 is 12.0 Å². The van der Waals surface area contributed by atoms with E-state index in [1.807, 2.05) is 13.8 Å². The van der Waals surface area contributed by atoms with Gasteiger partial charge in [0.1, 0.15) is 0 Å². The monoisotopic (exact) mass is 300 g/mol. The highest BCUT2D eigenvalue weighted by atomic mass is 16.5. The molecule has 1 fully saturated rings. The summed E-state index contributed by atoms with van der Waals surface area (Å²) < 4.78 is 5.40. The smallest absolute Gasteiger partial charge is 0.318 e. The lowest BCUT2D eigenvalue weighted by molar-refractivity contribution is -0.138. The fraction of sp³-hybridized carbons (Fsp3) is 0.867. The van der Waals surface area contributed by atoms with Gasteiger partial charge in [0.05, 0.1) is 18.8 Å². The van der Waals surface area contributed by atoms with E-state index < -0.39 is 5.97 Å². The zero-order valence-electron chi connectivity index (χ0n) is 13.5. The van der Waals surface area contributed by atoms with Crippen LogP contribution in [0.5, 0.6) is 0 Å². The zero-order valence-corrected chi connectivity index (χ0v) is 13.5. The standard InChI is InChI=1S/C15H28N2O4/c1-11(2)7-12(8-13(18)19)9-16-14(20)17-5-6-21-10-15(17,3)4/h11-12H,5-10H2,1-4H3,(H,16,20)(H,18,19)/t12-/m0/s1. The van der Waals surface area contributed by atoms with Crippen LogP contribution in [0.4, 0.5) is 4.79 Å². The Hall–Kier alpha value is -1.30. The number of carboxylic acids is 1. The van der Waals surface area contributed by atoms with Crippen molar-refractivity contribution < 1.29 is 19.4 Å². The van der Waals surface area contributed by atoms with E-state index in [1.165, 1.54) is 0 Å². The van der Waals surface area contributed by atoms with Crippen molar-refractivity contribution in [1.82, 2.24) is 10.2 Å². The summed E-state index contributed by atoms with van der Waals surface area (Å²) >= 11 is 0. The molecule has 21 heavy (non-hydrogen) atoms. The molecule has 1 saturated heterocycles. The Morgan fingerprint density at radius 3 is 2.57 bits per heavy atom. The number of hydrogen-bond donors (Lipinski definition) is 2. The van der Waals surface area contributed by atoms with Gasteiger partial charge in [0.2, 0.25) is 0 Å². The maximum atomic E-state index is 12.3. The molecule has 122 valence electrons. The van der Waals surface area contributed by atoms with Crippen LogP contribution in [0.1, 0.15) is 40.5 Å². The SMILES string of the molecule is CC(C)C[C@H](CNC(=O)N1CCOCC1(C)C)CC(=O)O. The highest BCUT2D eigenvalue weighted by Crippen LogP contribution is 2.19. The Morgan fingerprint density at radius 1 is 1.38 bits per heavy atom. The lowest BCUT2D eigenvalue weighted by Crippen LogP contribution is -2.58. The average molecular weight is 300 g/mol. The molecule has 0 unspecified atom stereocenters. The van der Waals surface area contributed by atoms with E-state index in [0.717, 1.165) is 6.42 Å². The number of urea groups is 1. The number of carbonyl (C=O) groups is 2. The molecule has 1 rings (SSSR count). The Kier molecular flexibility index (Phi) is 6.45. The molecular formula is C15H28N2O4. The van der Waals surface area contributed by atoms with Crippen LogP contribution >= 0.6 is 0 Å². The van der Waals surface area contributed by atoms with Crippen molar-refractivity contribution in [2.75, 3.05) is 26.3 Å².